The van der Waals surface area contributed by atoms with Gasteiger partial charge in [-0.05, 0) is 62.2 Å². The normalized spacial score (nSPS) is 14.1. The van der Waals surface area contributed by atoms with Gasteiger partial charge in [0, 0.05) is 17.0 Å². The van der Waals surface area contributed by atoms with Gasteiger partial charge in [0.15, 0.2) is 0 Å². The predicted octanol–water partition coefficient (Wildman–Crippen LogP) is 14.2. The molecule has 0 fully saturated rings. The molecule has 310 valence electrons. The minimum absolute atomic E-state index is 0. The molecule has 0 radical (unpaired) electrons. The van der Waals surface area contributed by atoms with Gasteiger partial charge in [0.25, 0.3) is 6.33 Å². The van der Waals surface area contributed by atoms with Crippen LogP contribution in [0.3, 0.4) is 0 Å². The third kappa shape index (κ3) is 8.05. The Hall–Kier alpha value is -6.48. The molecule has 0 amide bonds. The van der Waals surface area contributed by atoms with E-state index in [0.29, 0.717) is 34.6 Å². The van der Waals surface area contributed by atoms with Crippen LogP contribution in [0, 0.1) is 29.9 Å². The number of rotatable bonds is 8. The van der Waals surface area contributed by atoms with E-state index in [4.69, 9.17) is 18.4 Å². The van der Waals surface area contributed by atoms with E-state index >= 15 is 0 Å². The first-order chi connectivity index (χ1) is 34.1. The maximum Gasteiger partial charge on any atom is 4.00 e. The van der Waals surface area contributed by atoms with Crippen LogP contribution in [0.2, 0.25) is 0 Å². The van der Waals surface area contributed by atoms with Gasteiger partial charge in [-0.3, -0.25) is 4.57 Å². The van der Waals surface area contributed by atoms with E-state index in [0.717, 1.165) is 33.1 Å². The fourth-order valence-electron chi connectivity index (χ4n) is 8.22. The second-order valence-electron chi connectivity index (χ2n) is 17.6. The zero-order valence-electron chi connectivity index (χ0n) is 45.7. The van der Waals surface area contributed by atoms with Crippen LogP contribution in [0.4, 0.5) is 0 Å². The molecule has 2 heterocycles. The van der Waals surface area contributed by atoms with Crippen molar-refractivity contribution in [1.29, 1.82) is 0 Å². The topological polar surface area (TPSA) is 23.0 Å². The number of hydrogen-bond acceptors (Lipinski definition) is 1. The number of para-hydroxylation sites is 3. The first-order valence-electron chi connectivity index (χ1n) is 25.6. The van der Waals surface area contributed by atoms with E-state index in [1.54, 1.807) is 33.4 Å². The molecule has 0 unspecified atom stereocenters. The Morgan fingerprint density at radius 2 is 1.29 bits per heavy atom. The molecule has 10 aromatic rings. The molecular formula is C58H48N3OPt+. The predicted molar refractivity (Wildman–Crippen MR) is 254 cm³/mol. The first kappa shape index (κ1) is 31.4. The summed E-state index contributed by atoms with van der Waals surface area (Å²) in [4.78, 5) is 0. The Morgan fingerprint density at radius 3 is 1.98 bits per heavy atom. The molecule has 0 spiro atoms. The molecule has 0 saturated heterocycles. The van der Waals surface area contributed by atoms with Crippen LogP contribution in [0.1, 0.15) is 66.4 Å². The fourth-order valence-corrected chi connectivity index (χ4v) is 8.22. The summed E-state index contributed by atoms with van der Waals surface area (Å²) in [7, 11) is 0. The number of benzene rings is 8. The van der Waals surface area contributed by atoms with Crippen molar-refractivity contribution < 1.29 is 44.1 Å². The van der Waals surface area contributed by atoms with Crippen LogP contribution in [0.5, 0.6) is 11.5 Å². The number of imidazole rings is 1. The van der Waals surface area contributed by atoms with Crippen molar-refractivity contribution in [3.05, 3.63) is 205 Å². The summed E-state index contributed by atoms with van der Waals surface area (Å²) >= 11 is 0. The molecule has 5 heteroatoms. The average Bonchev–Trinajstić information content (AvgIpc) is 3.90. The van der Waals surface area contributed by atoms with Crippen LogP contribution in [0.25, 0.3) is 72.2 Å². The summed E-state index contributed by atoms with van der Waals surface area (Å²) in [5.74, 6) is 0.825. The minimum atomic E-state index is -0.567. The van der Waals surface area contributed by atoms with E-state index < -0.39 is 60.4 Å². The Kier molecular flexibility index (Phi) is 8.30. The third-order valence-corrected chi connectivity index (χ3v) is 10.9. The Morgan fingerprint density at radius 1 is 0.635 bits per heavy atom. The van der Waals surface area contributed by atoms with Crippen molar-refractivity contribution in [3.63, 3.8) is 0 Å². The van der Waals surface area contributed by atoms with Gasteiger partial charge in [0.2, 0.25) is 0 Å². The van der Waals surface area contributed by atoms with Crippen molar-refractivity contribution in [3.8, 4) is 50.8 Å². The molecule has 0 N–H and O–H groups in total. The SMILES string of the molecule is [2H]c1c([2H])c([2H])c(-c2cccc(-c3c([2H])c([2H])c([2H])c([2H])c3[2H])c2-[n+]2[c-]n(-c3[c-]c(Oc4[c-]c5c(cc4)c4ccccc4n5-c4[c-]ccc(C(C)(C)C)c4)ccc3)c3cccc(CC(C)(C)C)c32)c([2H])c1[2H].[Pt+4]. The van der Waals surface area contributed by atoms with Gasteiger partial charge in [0.05, 0.1) is 30.4 Å². The number of hydrogen-bond donors (Lipinski definition) is 0. The Bertz CT molecular complexity index is 3720. The molecule has 0 aliphatic heterocycles. The fraction of sp³-hybridized carbons (Fsp3) is 0.155. The molecule has 2 aromatic heterocycles. The van der Waals surface area contributed by atoms with Crippen molar-refractivity contribution in [2.45, 2.75) is 53.4 Å². The van der Waals surface area contributed by atoms with Gasteiger partial charge in [0.1, 0.15) is 0 Å². The Labute approximate surface area is 399 Å². The molecule has 0 aliphatic rings. The molecule has 10 rings (SSSR count). The largest absolute Gasteiger partial charge is 4.00 e. The molecular weight excluding hydrogens is 950 g/mol. The maximum absolute atomic E-state index is 9.15. The van der Waals surface area contributed by atoms with Crippen molar-refractivity contribution in [2.75, 3.05) is 0 Å². The summed E-state index contributed by atoms with van der Waals surface area (Å²) in [5, 5.41) is 2.07. The van der Waals surface area contributed by atoms with Crippen LogP contribution < -0.4 is 9.30 Å². The van der Waals surface area contributed by atoms with Gasteiger partial charge in [-0.2, -0.15) is 42.0 Å². The van der Waals surface area contributed by atoms with E-state index in [1.807, 2.05) is 60.7 Å². The maximum atomic E-state index is 9.15. The minimum Gasteiger partial charge on any atom is -0.510 e. The smallest absolute Gasteiger partial charge is 0.510 e. The first-order valence-corrected chi connectivity index (χ1v) is 20.6. The number of aromatic nitrogens is 3. The van der Waals surface area contributed by atoms with Crippen molar-refractivity contribution in [1.82, 2.24) is 9.13 Å². The van der Waals surface area contributed by atoms with Gasteiger partial charge in [-0.1, -0.05) is 168 Å². The molecule has 63 heavy (non-hydrogen) atoms. The van der Waals surface area contributed by atoms with Crippen molar-refractivity contribution in [2.24, 2.45) is 5.41 Å². The second kappa shape index (κ2) is 16.7. The van der Waals surface area contributed by atoms with Crippen LogP contribution >= 0.6 is 0 Å². The zero-order valence-corrected chi connectivity index (χ0v) is 37.9. The third-order valence-electron chi connectivity index (χ3n) is 10.9. The number of nitrogens with zero attached hydrogens (tertiary/aromatic N) is 3. The van der Waals surface area contributed by atoms with E-state index in [9.17, 15) is 0 Å². The average molecular weight is 1010 g/mol. The molecule has 0 bridgehead atoms. The monoisotopic (exact) mass is 1010 g/mol. The van der Waals surface area contributed by atoms with Crippen LogP contribution in [0.15, 0.2) is 170 Å². The van der Waals surface area contributed by atoms with E-state index in [1.165, 1.54) is 5.56 Å². The van der Waals surface area contributed by atoms with Crippen LogP contribution in [-0.4, -0.2) is 9.13 Å². The van der Waals surface area contributed by atoms with Crippen LogP contribution in [-0.2, 0) is 32.9 Å². The molecule has 8 aromatic carbocycles. The standard InChI is InChI=1S/C58H48N3O.Pt/c1-57(2,3)38-42-23-15-32-53-55(42)60(56-48(40-19-9-7-10-20-40)29-18-30-49(56)41-21-11-8-12-22-41)39-59(53)44-25-17-27-46(36-44)62-47-33-34-51-50-28-13-14-31-52(50)61(54(51)37-47)45-26-16-24-43(35-45)58(4,5)6;/h7-25,27-35H,38H2,1-6H3;/q-3;+4/i7D,8D,9D,10D,11D,12D,19D,20D,21D,22D;. The molecule has 0 atom stereocenters. The van der Waals surface area contributed by atoms with E-state index in [-0.39, 0.29) is 59.8 Å². The summed E-state index contributed by atoms with van der Waals surface area (Å²) in [6.07, 6.45) is 4.08. The Balaban J connectivity index is 0.00000656. The summed E-state index contributed by atoms with van der Waals surface area (Å²) < 4.78 is 100. The second-order valence-corrected chi connectivity index (χ2v) is 17.6. The van der Waals surface area contributed by atoms with Gasteiger partial charge in [-0.25, -0.2) is 0 Å². The number of fused-ring (bicyclic) bond motifs is 4. The molecule has 0 saturated carbocycles. The summed E-state index contributed by atoms with van der Waals surface area (Å²) in [6.45, 7) is 12.9. The quantitative estimate of drug-likeness (QED) is 0.110. The summed E-state index contributed by atoms with van der Waals surface area (Å²) in [5.41, 5.74) is 6.46. The molecule has 0 aliphatic carbocycles. The van der Waals surface area contributed by atoms with Gasteiger partial charge in [-0.15, -0.1) is 35.7 Å². The van der Waals surface area contributed by atoms with Gasteiger partial charge < -0.3 is 13.9 Å². The van der Waals surface area contributed by atoms with Gasteiger partial charge >= 0.3 is 21.1 Å². The van der Waals surface area contributed by atoms with E-state index in [2.05, 4.69) is 94.9 Å². The summed E-state index contributed by atoms with van der Waals surface area (Å²) in [6, 6.07) is 39.8. The van der Waals surface area contributed by atoms with Crippen molar-refractivity contribution >= 4 is 32.8 Å². The molecule has 4 nitrogen and oxygen atoms in total. The zero-order chi connectivity index (χ0) is 51.3. The number of ether oxygens (including phenoxy) is 1.